The molecule has 0 aliphatic heterocycles. The van der Waals surface area contributed by atoms with Crippen LogP contribution >= 0.6 is 0 Å². The Bertz CT molecular complexity index is 956. The highest BCUT2D eigenvalue weighted by Gasteiger charge is 2.38. The first-order chi connectivity index (χ1) is 12.8. The van der Waals surface area contributed by atoms with Crippen molar-refractivity contribution in [3.05, 3.63) is 48.5 Å². The molecular weight excluding hydrogens is 418 g/mol. The summed E-state index contributed by atoms with van der Waals surface area (Å²) < 4.78 is 103. The van der Waals surface area contributed by atoms with Gasteiger partial charge >= 0.3 is 18.4 Å². The highest BCUT2D eigenvalue weighted by atomic mass is 32.2. The minimum Gasteiger partial charge on any atom is -0.406 e. The summed E-state index contributed by atoms with van der Waals surface area (Å²) in [5.41, 5.74) is -0.543. The quantitative estimate of drug-likeness (QED) is 0.708. The van der Waals surface area contributed by atoms with Crippen LogP contribution < -0.4 is 14.8 Å². The summed E-state index contributed by atoms with van der Waals surface area (Å²) in [7, 11) is -4.27. The first kappa shape index (κ1) is 21.3. The van der Waals surface area contributed by atoms with Crippen LogP contribution in [0, 0.1) is 0 Å². The van der Waals surface area contributed by atoms with Crippen LogP contribution in [0.1, 0.15) is 0 Å². The number of benzene rings is 2. The van der Waals surface area contributed by atoms with E-state index in [2.05, 4.69) is 4.74 Å². The predicted molar refractivity (Wildman–Crippen MR) is 85.1 cm³/mol. The molecule has 0 fully saturated rings. The van der Waals surface area contributed by atoms with Crippen molar-refractivity contribution in [2.75, 3.05) is 10.0 Å². The molecule has 0 aliphatic rings. The Labute approximate surface area is 154 Å². The van der Waals surface area contributed by atoms with E-state index in [1.165, 1.54) is 11.4 Å². The van der Waals surface area contributed by atoms with Crippen LogP contribution in [0.15, 0.2) is 53.4 Å². The van der Waals surface area contributed by atoms with Crippen LogP contribution in [0.2, 0.25) is 0 Å². The summed E-state index contributed by atoms with van der Waals surface area (Å²) in [4.78, 5) is 10.4. The molecule has 152 valence electrons. The van der Waals surface area contributed by atoms with E-state index in [-0.39, 0.29) is 11.4 Å². The average molecular weight is 428 g/mol. The van der Waals surface area contributed by atoms with E-state index in [1.807, 2.05) is 4.72 Å². The number of sulfonamides is 1. The molecule has 2 N–H and O–H groups in total. The monoisotopic (exact) mass is 428 g/mol. The Kier molecular flexibility index (Phi) is 5.77. The van der Waals surface area contributed by atoms with Gasteiger partial charge in [-0.25, -0.2) is 8.42 Å². The zero-order valence-electron chi connectivity index (χ0n) is 13.4. The third-order valence-corrected chi connectivity index (χ3v) is 4.40. The largest absolute Gasteiger partial charge is 0.573 e. The van der Waals surface area contributed by atoms with Gasteiger partial charge in [0.05, 0.1) is 10.6 Å². The van der Waals surface area contributed by atoms with E-state index in [9.17, 15) is 39.6 Å². The second-order valence-electron chi connectivity index (χ2n) is 5.16. The number of amides is 1. The molecule has 0 heterocycles. The Balaban J connectivity index is 2.15. The molecule has 0 unspecified atom stereocenters. The maximum Gasteiger partial charge on any atom is 0.573 e. The number of carbonyl (C=O) groups is 1. The van der Waals surface area contributed by atoms with Gasteiger partial charge in [-0.2, -0.15) is 13.2 Å². The van der Waals surface area contributed by atoms with E-state index in [4.69, 9.17) is 0 Å². The van der Waals surface area contributed by atoms with Crippen molar-refractivity contribution in [2.45, 2.75) is 17.4 Å². The molecule has 0 bridgehead atoms. The first-order valence-electron chi connectivity index (χ1n) is 7.13. The molecule has 0 atom stereocenters. The number of carbonyl (C=O) groups excluding carboxylic acids is 1. The Morgan fingerprint density at radius 1 is 0.893 bits per heavy atom. The molecular formula is C15H10F6N2O4S. The van der Waals surface area contributed by atoms with Gasteiger partial charge in [0.25, 0.3) is 10.0 Å². The normalized spacial score (nSPS) is 12.4. The Hall–Kier alpha value is -2.96. The fraction of sp³-hybridized carbons (Fsp3) is 0.133. The van der Waals surface area contributed by atoms with Crippen LogP contribution in [0.25, 0.3) is 0 Å². The van der Waals surface area contributed by atoms with Crippen LogP contribution in [0.4, 0.5) is 37.7 Å². The van der Waals surface area contributed by atoms with Gasteiger partial charge in [-0.1, -0.05) is 6.07 Å². The second-order valence-corrected chi connectivity index (χ2v) is 6.84. The van der Waals surface area contributed by atoms with Crippen molar-refractivity contribution in [3.8, 4) is 5.75 Å². The van der Waals surface area contributed by atoms with Gasteiger partial charge in [0, 0.05) is 11.8 Å². The molecule has 0 aromatic heterocycles. The van der Waals surface area contributed by atoms with Crippen molar-refractivity contribution in [1.29, 1.82) is 0 Å². The molecule has 0 saturated carbocycles. The highest BCUT2D eigenvalue weighted by Crippen LogP contribution is 2.26. The SMILES string of the molecule is O=C(Nc1ccc(S(=O)(=O)Nc2cccc(OC(F)(F)F)c2)cc1)C(F)(F)F. The van der Waals surface area contributed by atoms with Crippen molar-refractivity contribution in [2.24, 2.45) is 0 Å². The van der Waals surface area contributed by atoms with Gasteiger partial charge in [-0.05, 0) is 36.4 Å². The molecule has 2 aromatic carbocycles. The summed E-state index contributed by atoms with van der Waals surface area (Å²) in [6.45, 7) is 0. The number of nitrogens with one attached hydrogen (secondary N) is 2. The van der Waals surface area contributed by atoms with Crippen molar-refractivity contribution < 1.29 is 44.3 Å². The standard InChI is InChI=1S/C15H10F6N2O4S/c16-14(17,18)13(24)22-9-4-6-12(7-5-9)28(25,26)23-10-2-1-3-11(8-10)27-15(19,20)21/h1-8,23H,(H,22,24). The Morgan fingerprint density at radius 2 is 1.50 bits per heavy atom. The smallest absolute Gasteiger partial charge is 0.406 e. The number of hydrogen-bond donors (Lipinski definition) is 2. The van der Waals surface area contributed by atoms with Gasteiger partial charge in [-0.15, -0.1) is 13.2 Å². The molecule has 2 aromatic rings. The van der Waals surface area contributed by atoms with Crippen molar-refractivity contribution in [3.63, 3.8) is 0 Å². The predicted octanol–water partition coefficient (Wildman–Crippen LogP) is 3.89. The molecule has 0 spiro atoms. The van der Waals surface area contributed by atoms with E-state index < -0.39 is 39.1 Å². The minimum atomic E-state index is -5.12. The summed E-state index contributed by atoms with van der Waals surface area (Å²) in [5.74, 6) is -2.89. The topological polar surface area (TPSA) is 84.5 Å². The maximum atomic E-state index is 12.2. The van der Waals surface area contributed by atoms with E-state index in [1.54, 1.807) is 0 Å². The number of hydrogen-bond acceptors (Lipinski definition) is 4. The molecule has 0 radical (unpaired) electrons. The molecule has 6 nitrogen and oxygen atoms in total. The summed E-state index contributed by atoms with van der Waals surface area (Å²) in [5, 5.41) is 1.54. The average Bonchev–Trinajstić information content (AvgIpc) is 2.52. The van der Waals surface area contributed by atoms with Crippen molar-refractivity contribution >= 4 is 27.3 Å². The zero-order chi connectivity index (χ0) is 21.2. The zero-order valence-corrected chi connectivity index (χ0v) is 14.2. The third kappa shape index (κ3) is 6.04. The van der Waals surface area contributed by atoms with E-state index >= 15 is 0 Å². The molecule has 13 heteroatoms. The number of ether oxygens (including phenoxy) is 1. The van der Waals surface area contributed by atoms with Gasteiger partial charge in [0.15, 0.2) is 0 Å². The Morgan fingerprint density at radius 3 is 2.04 bits per heavy atom. The van der Waals surface area contributed by atoms with Crippen LogP contribution in [0.5, 0.6) is 5.75 Å². The fourth-order valence-corrected chi connectivity index (χ4v) is 2.94. The molecule has 0 saturated heterocycles. The summed E-state index contributed by atoms with van der Waals surface area (Å²) in [6, 6.07) is 7.69. The lowest BCUT2D eigenvalue weighted by Gasteiger charge is -2.12. The third-order valence-electron chi connectivity index (χ3n) is 3.00. The van der Waals surface area contributed by atoms with Gasteiger partial charge in [0.2, 0.25) is 0 Å². The fourth-order valence-electron chi connectivity index (χ4n) is 1.89. The van der Waals surface area contributed by atoms with E-state index in [0.717, 1.165) is 42.5 Å². The number of rotatable bonds is 5. The number of alkyl halides is 6. The van der Waals surface area contributed by atoms with Crippen LogP contribution in [-0.2, 0) is 14.8 Å². The lowest BCUT2D eigenvalue weighted by atomic mass is 10.3. The number of anilines is 2. The summed E-state index contributed by atoms with van der Waals surface area (Å²) >= 11 is 0. The van der Waals surface area contributed by atoms with Gasteiger partial charge < -0.3 is 10.1 Å². The minimum absolute atomic E-state index is 0.240. The van der Waals surface area contributed by atoms with E-state index in [0.29, 0.717) is 0 Å². The molecule has 2 rings (SSSR count). The van der Waals surface area contributed by atoms with Crippen LogP contribution in [0.3, 0.4) is 0 Å². The second kappa shape index (κ2) is 7.58. The maximum absolute atomic E-state index is 12.2. The summed E-state index contributed by atoms with van der Waals surface area (Å²) in [6.07, 6.45) is -10.1. The lowest BCUT2D eigenvalue weighted by Crippen LogP contribution is -2.29. The molecule has 1 amide bonds. The first-order valence-corrected chi connectivity index (χ1v) is 8.61. The lowest BCUT2D eigenvalue weighted by molar-refractivity contribution is -0.274. The van der Waals surface area contributed by atoms with Gasteiger partial charge in [-0.3, -0.25) is 9.52 Å². The highest BCUT2D eigenvalue weighted by molar-refractivity contribution is 7.92. The van der Waals surface area contributed by atoms with Crippen LogP contribution in [-0.4, -0.2) is 26.9 Å². The van der Waals surface area contributed by atoms with Crippen molar-refractivity contribution in [1.82, 2.24) is 0 Å². The molecule has 0 aliphatic carbocycles. The van der Waals surface area contributed by atoms with Gasteiger partial charge in [0.1, 0.15) is 5.75 Å². The number of halogens is 6. The molecule has 28 heavy (non-hydrogen) atoms.